The predicted molar refractivity (Wildman–Crippen MR) is 139 cm³/mol. The van der Waals surface area contributed by atoms with E-state index in [0.29, 0.717) is 19.3 Å². The third kappa shape index (κ3) is 4.27. The number of cyclic esters (lactones) is 2. The van der Waals surface area contributed by atoms with E-state index in [1.54, 1.807) is 19.9 Å². The molecular formula is C29H36O5Si. The number of carbonyl (C=O) groups is 2. The molecule has 35 heavy (non-hydrogen) atoms. The molecule has 0 bridgehead atoms. The van der Waals surface area contributed by atoms with Gasteiger partial charge < -0.3 is 13.9 Å². The monoisotopic (exact) mass is 492 g/mol. The zero-order valence-corrected chi connectivity index (χ0v) is 22.4. The first-order valence-electron chi connectivity index (χ1n) is 12.3. The number of benzene rings is 2. The van der Waals surface area contributed by atoms with E-state index in [1.165, 1.54) is 10.4 Å². The minimum Gasteiger partial charge on any atom is -0.422 e. The van der Waals surface area contributed by atoms with Crippen LogP contribution in [0.4, 0.5) is 0 Å². The fourth-order valence-electron chi connectivity index (χ4n) is 5.76. The summed E-state index contributed by atoms with van der Waals surface area (Å²) in [6, 6.07) is 21.0. The average Bonchev–Trinajstić information content (AvgIpc) is 2.81. The summed E-state index contributed by atoms with van der Waals surface area (Å²) >= 11 is 0. The van der Waals surface area contributed by atoms with Crippen LogP contribution in [-0.2, 0) is 23.5 Å². The molecule has 0 aromatic heterocycles. The number of rotatable bonds is 5. The molecule has 1 heterocycles. The Morgan fingerprint density at radius 2 is 1.43 bits per heavy atom. The van der Waals surface area contributed by atoms with Gasteiger partial charge in [-0.3, -0.25) is 9.59 Å². The van der Waals surface area contributed by atoms with Gasteiger partial charge >= 0.3 is 11.9 Å². The maximum Gasteiger partial charge on any atom is 0.327 e. The van der Waals surface area contributed by atoms with Crippen molar-refractivity contribution in [3.05, 3.63) is 73.3 Å². The lowest BCUT2D eigenvalue weighted by atomic mass is 9.65. The highest BCUT2D eigenvalue weighted by atomic mass is 28.4. The molecule has 4 rings (SSSR count). The van der Waals surface area contributed by atoms with Crippen molar-refractivity contribution >= 4 is 30.6 Å². The Bertz CT molecular complexity index is 1030. The Morgan fingerprint density at radius 3 is 1.86 bits per heavy atom. The molecule has 6 heteroatoms. The van der Waals surface area contributed by atoms with Gasteiger partial charge in [0, 0.05) is 25.9 Å². The van der Waals surface area contributed by atoms with Gasteiger partial charge in [-0.25, -0.2) is 0 Å². The Kier molecular flexibility index (Phi) is 6.58. The van der Waals surface area contributed by atoms with Gasteiger partial charge in [0.15, 0.2) is 5.41 Å². The second-order valence-electron chi connectivity index (χ2n) is 11.2. The van der Waals surface area contributed by atoms with E-state index in [2.05, 4.69) is 75.9 Å². The van der Waals surface area contributed by atoms with Crippen molar-refractivity contribution in [2.45, 2.75) is 70.8 Å². The van der Waals surface area contributed by atoms with Crippen molar-refractivity contribution in [3.63, 3.8) is 0 Å². The second kappa shape index (κ2) is 9.06. The molecule has 5 nitrogen and oxygen atoms in total. The van der Waals surface area contributed by atoms with Crippen molar-refractivity contribution in [1.29, 1.82) is 0 Å². The van der Waals surface area contributed by atoms with E-state index >= 15 is 0 Å². The highest BCUT2D eigenvalue weighted by Gasteiger charge is 2.62. The predicted octanol–water partition coefficient (Wildman–Crippen LogP) is 4.74. The highest BCUT2D eigenvalue weighted by Crippen LogP contribution is 2.50. The van der Waals surface area contributed by atoms with Gasteiger partial charge in [-0.1, -0.05) is 87.5 Å². The number of hydrogen-bond acceptors (Lipinski definition) is 5. The zero-order chi connectivity index (χ0) is 25.5. The van der Waals surface area contributed by atoms with Crippen LogP contribution in [0.25, 0.3) is 0 Å². The summed E-state index contributed by atoms with van der Waals surface area (Å²) in [6.07, 6.45) is 2.91. The molecule has 2 atom stereocenters. The van der Waals surface area contributed by atoms with Crippen LogP contribution in [0.15, 0.2) is 73.3 Å². The lowest BCUT2D eigenvalue weighted by Gasteiger charge is -2.50. The summed E-state index contributed by atoms with van der Waals surface area (Å²) in [4.78, 5) is 26.3. The SMILES string of the molecule is C=CC1CC(O[Si](c2ccccc2)(c2ccccc2)C(C)(C)C)CCC12C(=O)OC(C)(C)OC2=O. The van der Waals surface area contributed by atoms with E-state index in [1.807, 2.05) is 12.1 Å². The molecule has 2 aliphatic rings. The smallest absolute Gasteiger partial charge is 0.327 e. The Hall–Kier alpha value is -2.70. The maximum absolute atomic E-state index is 13.2. The minimum atomic E-state index is -2.76. The van der Waals surface area contributed by atoms with Gasteiger partial charge in [-0.05, 0) is 34.7 Å². The van der Waals surface area contributed by atoms with Gasteiger partial charge in [-0.2, -0.15) is 0 Å². The van der Waals surface area contributed by atoms with Crippen LogP contribution >= 0.6 is 0 Å². The maximum atomic E-state index is 13.2. The van der Waals surface area contributed by atoms with Crippen molar-refractivity contribution < 1.29 is 23.5 Å². The first-order valence-corrected chi connectivity index (χ1v) is 14.3. The van der Waals surface area contributed by atoms with Crippen LogP contribution in [0.3, 0.4) is 0 Å². The van der Waals surface area contributed by atoms with Crippen LogP contribution in [0.5, 0.6) is 0 Å². The van der Waals surface area contributed by atoms with Crippen LogP contribution in [0.2, 0.25) is 5.04 Å². The Balaban J connectivity index is 1.73. The summed E-state index contributed by atoms with van der Waals surface area (Å²) in [5, 5.41) is 2.24. The molecule has 1 spiro atoms. The number of hydrogen-bond donors (Lipinski definition) is 0. The van der Waals surface area contributed by atoms with Crippen LogP contribution < -0.4 is 10.4 Å². The second-order valence-corrected chi connectivity index (χ2v) is 15.4. The fourth-order valence-corrected chi connectivity index (χ4v) is 10.5. The molecule has 1 saturated carbocycles. The fraction of sp³-hybridized carbons (Fsp3) is 0.448. The molecule has 0 radical (unpaired) electrons. The molecule has 2 aromatic rings. The number of ether oxygens (including phenoxy) is 2. The van der Waals surface area contributed by atoms with Crippen molar-refractivity contribution in [1.82, 2.24) is 0 Å². The van der Waals surface area contributed by atoms with Gasteiger partial charge in [0.05, 0.1) is 0 Å². The molecular weight excluding hydrogens is 456 g/mol. The third-order valence-corrected chi connectivity index (χ3v) is 12.6. The van der Waals surface area contributed by atoms with Gasteiger partial charge in [0.2, 0.25) is 0 Å². The lowest BCUT2D eigenvalue weighted by Crippen LogP contribution is -2.68. The molecule has 186 valence electrons. The summed E-state index contributed by atoms with van der Waals surface area (Å²) in [7, 11) is -2.76. The molecule has 0 N–H and O–H groups in total. The minimum absolute atomic E-state index is 0.148. The summed E-state index contributed by atoms with van der Waals surface area (Å²) in [5.74, 6) is -2.73. The number of allylic oxidation sites excluding steroid dienone is 1. The topological polar surface area (TPSA) is 61.8 Å². The van der Waals surface area contributed by atoms with E-state index < -0.39 is 37.4 Å². The highest BCUT2D eigenvalue weighted by molar-refractivity contribution is 6.99. The van der Waals surface area contributed by atoms with Gasteiger partial charge in [0.25, 0.3) is 14.1 Å². The quantitative estimate of drug-likeness (QED) is 0.261. The molecule has 2 fully saturated rings. The summed E-state index contributed by atoms with van der Waals surface area (Å²) in [5.41, 5.74) is -1.36. The van der Waals surface area contributed by atoms with E-state index in [9.17, 15) is 9.59 Å². The standard InChI is InChI=1S/C29H36O5Si/c1-7-21-20-22(18-19-29(21)25(30)32-28(5,6)33-26(29)31)34-35(27(2,3)4,23-14-10-8-11-15-23)24-16-12-9-13-17-24/h7-17,21-22H,1,18-20H2,2-6H3. The van der Waals surface area contributed by atoms with Gasteiger partial charge in [0.1, 0.15) is 0 Å². The largest absolute Gasteiger partial charge is 0.422 e. The molecule has 0 amide bonds. The van der Waals surface area contributed by atoms with Crippen molar-refractivity contribution in [2.75, 3.05) is 0 Å². The molecule has 1 aliphatic heterocycles. The number of carbonyl (C=O) groups excluding carboxylic acids is 2. The normalized spacial score (nSPS) is 23.9. The zero-order valence-electron chi connectivity index (χ0n) is 21.4. The van der Waals surface area contributed by atoms with E-state index in [0.717, 1.165) is 0 Å². The molecule has 1 saturated heterocycles. The first-order chi connectivity index (χ1) is 16.5. The summed E-state index contributed by atoms with van der Waals surface area (Å²) in [6.45, 7) is 13.9. The molecule has 2 unspecified atom stereocenters. The average molecular weight is 493 g/mol. The Morgan fingerprint density at radius 1 is 0.943 bits per heavy atom. The van der Waals surface area contributed by atoms with Gasteiger partial charge in [-0.15, -0.1) is 6.58 Å². The van der Waals surface area contributed by atoms with Crippen LogP contribution in [-0.4, -0.2) is 32.1 Å². The van der Waals surface area contributed by atoms with E-state index in [-0.39, 0.29) is 11.1 Å². The molecule has 2 aromatic carbocycles. The van der Waals surface area contributed by atoms with Crippen LogP contribution in [0, 0.1) is 11.3 Å². The van der Waals surface area contributed by atoms with Crippen molar-refractivity contribution in [3.8, 4) is 0 Å². The molecule has 1 aliphatic carbocycles. The third-order valence-electron chi connectivity index (χ3n) is 7.46. The first kappa shape index (κ1) is 25.4. The summed E-state index contributed by atoms with van der Waals surface area (Å²) < 4.78 is 18.4. The van der Waals surface area contributed by atoms with Crippen molar-refractivity contribution in [2.24, 2.45) is 11.3 Å². The van der Waals surface area contributed by atoms with Crippen LogP contribution in [0.1, 0.15) is 53.9 Å². The number of esters is 2. The Labute approximate surface area is 209 Å². The lowest BCUT2D eigenvalue weighted by molar-refractivity contribution is -0.257. The van der Waals surface area contributed by atoms with E-state index in [4.69, 9.17) is 13.9 Å².